The summed E-state index contributed by atoms with van der Waals surface area (Å²) in [4.78, 5) is 1.34. The molecule has 1 N–H and O–H groups in total. The van der Waals surface area contributed by atoms with Crippen molar-refractivity contribution in [3.8, 4) is 5.75 Å². The highest BCUT2D eigenvalue weighted by atomic mass is 32.1. The molecule has 96 valence electrons. The molecule has 0 aliphatic carbocycles. The lowest BCUT2D eigenvalue weighted by Gasteiger charge is -2.10. The summed E-state index contributed by atoms with van der Waals surface area (Å²) < 4.78 is 5.65. The number of benzene rings is 1. The molecule has 0 saturated heterocycles. The van der Waals surface area contributed by atoms with Crippen LogP contribution in [0.25, 0.3) is 0 Å². The number of ether oxygens (including phenoxy) is 1. The normalized spacial score (nSPS) is 10.6. The molecule has 1 aromatic carbocycles. The lowest BCUT2D eigenvalue weighted by atomic mass is 10.2. The van der Waals surface area contributed by atoms with Crippen molar-refractivity contribution in [2.24, 2.45) is 5.92 Å². The van der Waals surface area contributed by atoms with Gasteiger partial charge in [-0.1, -0.05) is 19.9 Å². The van der Waals surface area contributed by atoms with E-state index < -0.39 is 0 Å². The maximum Gasteiger partial charge on any atom is 0.119 e. The van der Waals surface area contributed by atoms with Crippen LogP contribution in [0.15, 0.2) is 41.8 Å². The molecular weight excluding hydrogens is 242 g/mol. The molecule has 2 aromatic rings. The maximum absolute atomic E-state index is 5.65. The van der Waals surface area contributed by atoms with Crippen LogP contribution in [0.4, 0.5) is 5.69 Å². The SMILES string of the molecule is CC(C)COc1ccc(NCc2cccs2)cc1. The van der Waals surface area contributed by atoms with Crippen molar-refractivity contribution in [3.63, 3.8) is 0 Å². The molecule has 0 fully saturated rings. The fraction of sp³-hybridized carbons (Fsp3) is 0.333. The minimum atomic E-state index is 0.557. The second-order valence-electron chi connectivity index (χ2n) is 4.66. The van der Waals surface area contributed by atoms with Gasteiger partial charge in [-0.25, -0.2) is 0 Å². The average Bonchev–Trinajstić information content (AvgIpc) is 2.88. The molecule has 2 rings (SSSR count). The van der Waals surface area contributed by atoms with Crippen LogP contribution in [0.2, 0.25) is 0 Å². The second kappa shape index (κ2) is 6.45. The maximum atomic E-state index is 5.65. The first kappa shape index (κ1) is 13.0. The summed E-state index contributed by atoms with van der Waals surface area (Å²) in [5, 5.41) is 5.49. The van der Waals surface area contributed by atoms with E-state index in [4.69, 9.17) is 4.74 Å². The highest BCUT2D eigenvalue weighted by molar-refractivity contribution is 7.09. The Morgan fingerprint density at radius 1 is 1.17 bits per heavy atom. The molecule has 1 aromatic heterocycles. The molecular formula is C15H19NOS. The summed E-state index contributed by atoms with van der Waals surface area (Å²) in [6.45, 7) is 5.94. The van der Waals surface area contributed by atoms with Crippen molar-refractivity contribution in [3.05, 3.63) is 46.7 Å². The van der Waals surface area contributed by atoms with Gasteiger partial charge in [0.2, 0.25) is 0 Å². The predicted octanol–water partition coefficient (Wildman–Crippen LogP) is 4.40. The number of nitrogens with one attached hydrogen (secondary N) is 1. The summed E-state index contributed by atoms with van der Waals surface area (Å²) in [7, 11) is 0. The number of anilines is 1. The summed E-state index contributed by atoms with van der Waals surface area (Å²) in [5.41, 5.74) is 1.13. The minimum Gasteiger partial charge on any atom is -0.493 e. The Balaban J connectivity index is 1.83. The van der Waals surface area contributed by atoms with Crippen molar-refractivity contribution >= 4 is 17.0 Å². The zero-order chi connectivity index (χ0) is 12.8. The smallest absolute Gasteiger partial charge is 0.119 e. The van der Waals surface area contributed by atoms with E-state index in [0.717, 1.165) is 24.6 Å². The Hall–Kier alpha value is -1.48. The largest absolute Gasteiger partial charge is 0.493 e. The lowest BCUT2D eigenvalue weighted by Crippen LogP contribution is -2.04. The van der Waals surface area contributed by atoms with Gasteiger partial charge in [0.15, 0.2) is 0 Å². The van der Waals surface area contributed by atoms with Gasteiger partial charge in [-0.3, -0.25) is 0 Å². The van der Waals surface area contributed by atoms with Gasteiger partial charge in [0, 0.05) is 17.1 Å². The zero-order valence-corrected chi connectivity index (χ0v) is 11.7. The van der Waals surface area contributed by atoms with Gasteiger partial charge in [0.25, 0.3) is 0 Å². The lowest BCUT2D eigenvalue weighted by molar-refractivity contribution is 0.271. The first-order valence-corrected chi connectivity index (χ1v) is 7.11. The monoisotopic (exact) mass is 261 g/mol. The van der Waals surface area contributed by atoms with Gasteiger partial charge in [-0.15, -0.1) is 11.3 Å². The molecule has 0 amide bonds. The number of rotatable bonds is 6. The first-order chi connectivity index (χ1) is 8.74. The Bertz CT molecular complexity index is 448. The van der Waals surface area contributed by atoms with Gasteiger partial charge < -0.3 is 10.1 Å². The quantitative estimate of drug-likeness (QED) is 0.832. The fourth-order valence-electron chi connectivity index (χ4n) is 1.53. The zero-order valence-electron chi connectivity index (χ0n) is 10.8. The van der Waals surface area contributed by atoms with Crippen LogP contribution in [-0.4, -0.2) is 6.61 Å². The van der Waals surface area contributed by atoms with E-state index >= 15 is 0 Å². The van der Waals surface area contributed by atoms with Crippen molar-refractivity contribution < 1.29 is 4.74 Å². The highest BCUT2D eigenvalue weighted by Crippen LogP contribution is 2.18. The molecule has 0 radical (unpaired) electrons. The number of hydrogen-bond donors (Lipinski definition) is 1. The predicted molar refractivity (Wildman–Crippen MR) is 78.4 cm³/mol. The van der Waals surface area contributed by atoms with Crippen LogP contribution in [-0.2, 0) is 6.54 Å². The Kier molecular flexibility index (Phi) is 4.65. The molecule has 0 spiro atoms. The van der Waals surface area contributed by atoms with Crippen molar-refractivity contribution in [1.82, 2.24) is 0 Å². The molecule has 18 heavy (non-hydrogen) atoms. The van der Waals surface area contributed by atoms with E-state index in [-0.39, 0.29) is 0 Å². The topological polar surface area (TPSA) is 21.3 Å². The molecule has 0 saturated carbocycles. The van der Waals surface area contributed by atoms with E-state index in [1.54, 1.807) is 11.3 Å². The third kappa shape index (κ3) is 4.08. The molecule has 0 unspecified atom stereocenters. The van der Waals surface area contributed by atoms with Gasteiger partial charge in [-0.05, 0) is 41.6 Å². The minimum absolute atomic E-state index is 0.557. The standard InChI is InChI=1S/C15H19NOS/c1-12(2)11-17-14-7-5-13(6-8-14)16-10-15-4-3-9-18-15/h3-9,12,16H,10-11H2,1-2H3. The van der Waals surface area contributed by atoms with Crippen molar-refractivity contribution in [2.45, 2.75) is 20.4 Å². The first-order valence-electron chi connectivity index (χ1n) is 6.23. The second-order valence-corrected chi connectivity index (χ2v) is 5.69. The third-order valence-corrected chi connectivity index (χ3v) is 3.36. The van der Waals surface area contributed by atoms with Crippen LogP contribution in [0.1, 0.15) is 18.7 Å². The van der Waals surface area contributed by atoms with Crippen LogP contribution in [0, 0.1) is 5.92 Å². The van der Waals surface area contributed by atoms with E-state index in [1.807, 2.05) is 12.1 Å². The molecule has 3 heteroatoms. The summed E-state index contributed by atoms with van der Waals surface area (Å²) >= 11 is 1.77. The average molecular weight is 261 g/mol. The molecule has 1 heterocycles. The molecule has 0 aliphatic heterocycles. The van der Waals surface area contributed by atoms with Crippen LogP contribution in [0.3, 0.4) is 0 Å². The van der Waals surface area contributed by atoms with Crippen molar-refractivity contribution in [2.75, 3.05) is 11.9 Å². The molecule has 0 atom stereocenters. The van der Waals surface area contributed by atoms with Crippen LogP contribution in [0.5, 0.6) is 5.75 Å². The molecule has 0 bridgehead atoms. The van der Waals surface area contributed by atoms with E-state index in [1.165, 1.54) is 4.88 Å². The Labute approximate surface area is 113 Å². The van der Waals surface area contributed by atoms with Crippen molar-refractivity contribution in [1.29, 1.82) is 0 Å². The molecule has 2 nitrogen and oxygen atoms in total. The van der Waals surface area contributed by atoms with Gasteiger partial charge >= 0.3 is 0 Å². The van der Waals surface area contributed by atoms with Crippen LogP contribution < -0.4 is 10.1 Å². The van der Waals surface area contributed by atoms with E-state index in [2.05, 4.69) is 48.8 Å². The number of thiophene rings is 1. The summed E-state index contributed by atoms with van der Waals surface area (Å²) in [6.07, 6.45) is 0. The summed E-state index contributed by atoms with van der Waals surface area (Å²) in [6, 6.07) is 12.4. The molecule has 0 aliphatic rings. The number of hydrogen-bond acceptors (Lipinski definition) is 3. The van der Waals surface area contributed by atoms with Gasteiger partial charge in [0.05, 0.1) is 6.61 Å². The van der Waals surface area contributed by atoms with Gasteiger partial charge in [0.1, 0.15) is 5.75 Å². The third-order valence-electron chi connectivity index (χ3n) is 2.48. The van der Waals surface area contributed by atoms with E-state index in [9.17, 15) is 0 Å². The Morgan fingerprint density at radius 2 is 1.94 bits per heavy atom. The van der Waals surface area contributed by atoms with Crippen LogP contribution >= 0.6 is 11.3 Å². The fourth-order valence-corrected chi connectivity index (χ4v) is 2.18. The van der Waals surface area contributed by atoms with Gasteiger partial charge in [-0.2, -0.15) is 0 Å². The Morgan fingerprint density at radius 3 is 2.56 bits per heavy atom. The summed E-state index contributed by atoms with van der Waals surface area (Å²) in [5.74, 6) is 1.49. The highest BCUT2D eigenvalue weighted by Gasteiger charge is 1.98. The van der Waals surface area contributed by atoms with E-state index in [0.29, 0.717) is 5.92 Å².